The number of phenols is 1. The third kappa shape index (κ3) is 3.14. The molecule has 1 atom stereocenters. The molecule has 2 rings (SSSR count). The fourth-order valence-corrected chi connectivity index (χ4v) is 1.88. The van der Waals surface area contributed by atoms with E-state index < -0.39 is 4.92 Å². The molecule has 0 saturated heterocycles. The zero-order chi connectivity index (χ0) is 16.3. The van der Waals surface area contributed by atoms with Crippen molar-refractivity contribution in [2.24, 2.45) is 0 Å². The molecule has 0 saturated carbocycles. The van der Waals surface area contributed by atoms with Gasteiger partial charge in [0.05, 0.1) is 18.1 Å². The van der Waals surface area contributed by atoms with Gasteiger partial charge in [-0.2, -0.15) is 4.98 Å². The molecule has 1 aromatic carbocycles. The van der Waals surface area contributed by atoms with Gasteiger partial charge >= 0.3 is 5.69 Å². The van der Waals surface area contributed by atoms with Gasteiger partial charge in [-0.25, -0.2) is 4.98 Å². The zero-order valence-electron chi connectivity index (χ0n) is 12.0. The SMILES string of the molecule is COc1ccc(O)c(C(C)Nc2ncc([N+](=O)[O-])c(N)n2)c1. The average Bonchev–Trinajstić information content (AvgIpc) is 2.47. The normalized spacial score (nSPS) is 11.7. The molecule has 2 aromatic rings. The Bertz CT molecular complexity index is 707. The van der Waals surface area contributed by atoms with Crippen LogP contribution in [0, 0.1) is 10.1 Å². The molecule has 1 heterocycles. The van der Waals surface area contributed by atoms with Crippen LogP contribution in [0.1, 0.15) is 18.5 Å². The highest BCUT2D eigenvalue weighted by Crippen LogP contribution is 2.30. The van der Waals surface area contributed by atoms with Gasteiger partial charge in [-0.05, 0) is 25.1 Å². The van der Waals surface area contributed by atoms with Crippen LogP contribution < -0.4 is 15.8 Å². The van der Waals surface area contributed by atoms with Crippen molar-refractivity contribution in [3.05, 3.63) is 40.1 Å². The standard InChI is InChI=1S/C13H15N5O4/c1-7(9-5-8(22-2)3-4-11(9)19)16-13-15-6-10(18(20)21)12(14)17-13/h3-7,19H,1-2H3,(H3,14,15,16,17). The first-order valence-electron chi connectivity index (χ1n) is 6.32. The number of phenolic OH excluding ortho intramolecular Hbond substituents is 1. The van der Waals surface area contributed by atoms with Gasteiger partial charge in [0.15, 0.2) is 0 Å². The van der Waals surface area contributed by atoms with E-state index in [0.717, 1.165) is 6.20 Å². The number of aromatic hydroxyl groups is 1. The highest BCUT2D eigenvalue weighted by Gasteiger charge is 2.17. The molecular formula is C13H15N5O4. The second-order valence-electron chi connectivity index (χ2n) is 4.51. The minimum Gasteiger partial charge on any atom is -0.508 e. The Balaban J connectivity index is 2.23. The summed E-state index contributed by atoms with van der Waals surface area (Å²) in [5, 5.41) is 23.5. The maximum Gasteiger partial charge on any atom is 0.329 e. The van der Waals surface area contributed by atoms with Crippen molar-refractivity contribution in [3.8, 4) is 11.5 Å². The third-order valence-corrected chi connectivity index (χ3v) is 3.04. The van der Waals surface area contributed by atoms with E-state index in [1.54, 1.807) is 19.1 Å². The molecule has 9 nitrogen and oxygen atoms in total. The number of hydrogen-bond donors (Lipinski definition) is 3. The van der Waals surface area contributed by atoms with E-state index in [9.17, 15) is 15.2 Å². The summed E-state index contributed by atoms with van der Waals surface area (Å²) in [6.07, 6.45) is 1.03. The lowest BCUT2D eigenvalue weighted by molar-refractivity contribution is -0.384. The number of aromatic nitrogens is 2. The molecule has 0 amide bonds. The number of nitrogens with two attached hydrogens (primary N) is 1. The van der Waals surface area contributed by atoms with Gasteiger partial charge in [0.1, 0.15) is 17.7 Å². The van der Waals surface area contributed by atoms with E-state index in [4.69, 9.17) is 10.5 Å². The molecule has 0 aliphatic carbocycles. The highest BCUT2D eigenvalue weighted by atomic mass is 16.6. The largest absolute Gasteiger partial charge is 0.508 e. The van der Waals surface area contributed by atoms with Crippen molar-refractivity contribution in [3.63, 3.8) is 0 Å². The van der Waals surface area contributed by atoms with Crippen LogP contribution in [-0.4, -0.2) is 27.1 Å². The number of rotatable bonds is 5. The second-order valence-corrected chi connectivity index (χ2v) is 4.51. The smallest absolute Gasteiger partial charge is 0.329 e. The molecule has 0 aliphatic rings. The Morgan fingerprint density at radius 1 is 1.50 bits per heavy atom. The van der Waals surface area contributed by atoms with Gasteiger partial charge in [0, 0.05) is 5.56 Å². The molecule has 9 heteroatoms. The fourth-order valence-electron chi connectivity index (χ4n) is 1.88. The maximum atomic E-state index is 10.7. The average molecular weight is 305 g/mol. The van der Waals surface area contributed by atoms with Crippen molar-refractivity contribution in [1.82, 2.24) is 9.97 Å². The Labute approximate surface area is 125 Å². The lowest BCUT2D eigenvalue weighted by Crippen LogP contribution is -2.11. The van der Waals surface area contributed by atoms with Crippen LogP contribution in [0.25, 0.3) is 0 Å². The Morgan fingerprint density at radius 2 is 2.23 bits per heavy atom. The summed E-state index contributed by atoms with van der Waals surface area (Å²) in [7, 11) is 1.52. The molecule has 116 valence electrons. The predicted octanol–water partition coefficient (Wildman–Crippen LogP) is 1.85. The third-order valence-electron chi connectivity index (χ3n) is 3.04. The number of benzene rings is 1. The summed E-state index contributed by atoms with van der Waals surface area (Å²) in [6, 6.07) is 4.45. The van der Waals surface area contributed by atoms with E-state index in [0.29, 0.717) is 11.3 Å². The monoisotopic (exact) mass is 305 g/mol. The predicted molar refractivity (Wildman–Crippen MR) is 79.8 cm³/mol. The van der Waals surface area contributed by atoms with Gasteiger partial charge in [-0.1, -0.05) is 0 Å². The topological polar surface area (TPSA) is 136 Å². The summed E-state index contributed by atoms with van der Waals surface area (Å²) >= 11 is 0. The van der Waals surface area contributed by atoms with E-state index in [1.807, 2.05) is 0 Å². The van der Waals surface area contributed by atoms with Crippen LogP contribution in [-0.2, 0) is 0 Å². The molecule has 0 bridgehead atoms. The highest BCUT2D eigenvalue weighted by molar-refractivity contribution is 5.54. The van der Waals surface area contributed by atoms with Crippen LogP contribution >= 0.6 is 0 Å². The molecule has 22 heavy (non-hydrogen) atoms. The van der Waals surface area contributed by atoms with Crippen molar-refractivity contribution in [1.29, 1.82) is 0 Å². The van der Waals surface area contributed by atoms with E-state index in [-0.39, 0.29) is 29.2 Å². The number of nitro groups is 1. The number of hydrogen-bond acceptors (Lipinski definition) is 8. The second kappa shape index (κ2) is 6.12. The summed E-state index contributed by atoms with van der Waals surface area (Å²) < 4.78 is 5.11. The molecule has 0 radical (unpaired) electrons. The first-order valence-corrected chi connectivity index (χ1v) is 6.32. The first kappa shape index (κ1) is 15.3. The van der Waals surface area contributed by atoms with Crippen LogP contribution in [0.15, 0.2) is 24.4 Å². The minimum atomic E-state index is -0.656. The Kier molecular flexibility index (Phi) is 4.25. The molecular weight excluding hydrogens is 290 g/mol. The zero-order valence-corrected chi connectivity index (χ0v) is 12.0. The van der Waals surface area contributed by atoms with Gasteiger partial charge in [0.25, 0.3) is 0 Å². The summed E-state index contributed by atoms with van der Waals surface area (Å²) in [5.41, 5.74) is 5.72. The van der Waals surface area contributed by atoms with Crippen LogP contribution in [0.3, 0.4) is 0 Å². The number of nitrogen functional groups attached to an aromatic ring is 1. The minimum absolute atomic E-state index is 0.0793. The van der Waals surface area contributed by atoms with Gasteiger partial charge in [0.2, 0.25) is 11.8 Å². The first-order chi connectivity index (χ1) is 10.4. The van der Waals surface area contributed by atoms with Gasteiger partial charge in [-0.3, -0.25) is 10.1 Å². The number of ether oxygens (including phenoxy) is 1. The van der Waals surface area contributed by atoms with Crippen molar-refractivity contribution in [2.45, 2.75) is 13.0 Å². The van der Waals surface area contributed by atoms with Gasteiger partial charge in [-0.15, -0.1) is 0 Å². The van der Waals surface area contributed by atoms with E-state index in [1.165, 1.54) is 13.2 Å². The molecule has 0 fully saturated rings. The van der Waals surface area contributed by atoms with E-state index >= 15 is 0 Å². The maximum absolute atomic E-state index is 10.7. The van der Waals surface area contributed by atoms with E-state index in [2.05, 4.69) is 15.3 Å². The summed E-state index contributed by atoms with van der Waals surface area (Å²) in [5.74, 6) is 0.559. The molecule has 1 aromatic heterocycles. The van der Waals surface area contributed by atoms with Crippen LogP contribution in [0.4, 0.5) is 17.5 Å². The molecule has 0 aliphatic heterocycles. The molecule has 0 spiro atoms. The Morgan fingerprint density at radius 3 is 2.82 bits per heavy atom. The number of anilines is 2. The van der Waals surface area contributed by atoms with Crippen molar-refractivity contribution < 1.29 is 14.8 Å². The number of methoxy groups -OCH3 is 1. The molecule has 1 unspecified atom stereocenters. The summed E-state index contributed by atoms with van der Waals surface area (Å²) in [6.45, 7) is 1.77. The quantitative estimate of drug-likeness (QED) is 0.562. The van der Waals surface area contributed by atoms with Crippen LogP contribution in [0.2, 0.25) is 0 Å². The van der Waals surface area contributed by atoms with Gasteiger partial charge < -0.3 is 20.9 Å². The lowest BCUT2D eigenvalue weighted by atomic mass is 10.1. The fraction of sp³-hybridized carbons (Fsp3) is 0.231. The number of nitrogens with one attached hydrogen (secondary N) is 1. The summed E-state index contributed by atoms with van der Waals surface area (Å²) in [4.78, 5) is 17.7. The van der Waals surface area contributed by atoms with Crippen molar-refractivity contribution in [2.75, 3.05) is 18.2 Å². The molecule has 4 N–H and O–H groups in total. The van der Waals surface area contributed by atoms with Crippen LogP contribution in [0.5, 0.6) is 11.5 Å². The van der Waals surface area contributed by atoms with Crippen molar-refractivity contribution >= 4 is 17.5 Å². The Hall–Kier alpha value is -3.10. The lowest BCUT2D eigenvalue weighted by Gasteiger charge is -2.16. The number of nitrogens with zero attached hydrogens (tertiary/aromatic N) is 3.